The number of hydrogen-bond acceptors (Lipinski definition) is 5. The second-order valence-electron chi connectivity index (χ2n) is 3.48. The third-order valence-electron chi connectivity index (χ3n) is 2.04. The van der Waals surface area contributed by atoms with Crippen molar-refractivity contribution in [3.63, 3.8) is 0 Å². The molecule has 5 nitrogen and oxygen atoms in total. The molecule has 0 saturated heterocycles. The molecule has 0 aromatic carbocycles. The summed E-state index contributed by atoms with van der Waals surface area (Å²) in [6, 6.07) is 1.86. The molecule has 0 radical (unpaired) electrons. The third kappa shape index (κ3) is 3.71. The van der Waals surface area contributed by atoms with Gasteiger partial charge in [-0.05, 0) is 6.92 Å². The van der Waals surface area contributed by atoms with Gasteiger partial charge in [0.15, 0.2) is 0 Å². The number of ether oxygens (including phenoxy) is 1. The van der Waals surface area contributed by atoms with Gasteiger partial charge in [0.2, 0.25) is 0 Å². The van der Waals surface area contributed by atoms with Crippen LogP contribution in [-0.2, 0) is 16.1 Å². The van der Waals surface area contributed by atoms with E-state index in [0.717, 1.165) is 11.5 Å². The van der Waals surface area contributed by atoms with Crippen molar-refractivity contribution in [2.45, 2.75) is 20.4 Å². The predicted molar refractivity (Wildman–Crippen MR) is 54.1 cm³/mol. The van der Waals surface area contributed by atoms with Gasteiger partial charge >= 0.3 is 5.97 Å². The largest absolute Gasteiger partial charge is 0.469 e. The maximum Gasteiger partial charge on any atom is 0.309 e. The van der Waals surface area contributed by atoms with Crippen LogP contribution in [0.4, 0.5) is 0 Å². The summed E-state index contributed by atoms with van der Waals surface area (Å²) in [7, 11) is 1.39. The van der Waals surface area contributed by atoms with Gasteiger partial charge in [0.1, 0.15) is 5.76 Å². The number of esters is 1. The van der Waals surface area contributed by atoms with E-state index in [1.54, 1.807) is 0 Å². The molecule has 1 atom stereocenters. The molecule has 1 rings (SSSR count). The summed E-state index contributed by atoms with van der Waals surface area (Å²) in [5.74, 6) is 0.426. The van der Waals surface area contributed by atoms with Gasteiger partial charge in [-0.1, -0.05) is 12.1 Å². The third-order valence-corrected chi connectivity index (χ3v) is 2.04. The molecule has 1 N–H and O–H groups in total. The number of methoxy groups -OCH3 is 1. The molecule has 0 fully saturated rings. The smallest absolute Gasteiger partial charge is 0.309 e. The summed E-state index contributed by atoms with van der Waals surface area (Å²) in [5, 5.41) is 6.93. The van der Waals surface area contributed by atoms with Crippen LogP contribution in [0.5, 0.6) is 0 Å². The fourth-order valence-electron chi connectivity index (χ4n) is 1.20. The lowest BCUT2D eigenvalue weighted by atomic mass is 10.2. The number of nitrogens with one attached hydrogen (secondary N) is 1. The molecule has 0 amide bonds. The van der Waals surface area contributed by atoms with Crippen LogP contribution >= 0.6 is 0 Å². The van der Waals surface area contributed by atoms with Gasteiger partial charge in [-0.15, -0.1) is 0 Å². The Kier molecular flexibility index (Phi) is 4.30. The molecule has 0 spiro atoms. The van der Waals surface area contributed by atoms with Crippen LogP contribution in [-0.4, -0.2) is 24.8 Å². The summed E-state index contributed by atoms with van der Waals surface area (Å²) in [6.45, 7) is 4.82. The Morgan fingerprint density at radius 2 is 2.47 bits per heavy atom. The lowest BCUT2D eigenvalue weighted by Crippen LogP contribution is -2.27. The van der Waals surface area contributed by atoms with E-state index in [2.05, 4.69) is 15.2 Å². The number of carbonyl (C=O) groups excluding carboxylic acids is 1. The van der Waals surface area contributed by atoms with E-state index in [-0.39, 0.29) is 11.9 Å². The van der Waals surface area contributed by atoms with E-state index in [1.807, 2.05) is 19.9 Å². The molecule has 0 bridgehead atoms. The Bertz CT molecular complexity index is 322. The van der Waals surface area contributed by atoms with Crippen LogP contribution in [0.2, 0.25) is 0 Å². The highest BCUT2D eigenvalue weighted by Crippen LogP contribution is 2.01. The Balaban J connectivity index is 2.24. The molecule has 0 aliphatic rings. The topological polar surface area (TPSA) is 64.4 Å². The molecule has 1 aromatic rings. The van der Waals surface area contributed by atoms with Crippen LogP contribution in [0, 0.1) is 12.8 Å². The first kappa shape index (κ1) is 11.7. The van der Waals surface area contributed by atoms with E-state index in [1.165, 1.54) is 7.11 Å². The second-order valence-corrected chi connectivity index (χ2v) is 3.48. The molecule has 15 heavy (non-hydrogen) atoms. The lowest BCUT2D eigenvalue weighted by Gasteiger charge is -2.08. The first-order valence-electron chi connectivity index (χ1n) is 4.84. The van der Waals surface area contributed by atoms with Gasteiger partial charge in [0, 0.05) is 19.2 Å². The van der Waals surface area contributed by atoms with Crippen LogP contribution in [0.25, 0.3) is 0 Å². The Morgan fingerprint density at radius 1 is 1.73 bits per heavy atom. The SMILES string of the molecule is COC(=O)C(C)CNCc1cc(C)on1. The fourth-order valence-corrected chi connectivity index (χ4v) is 1.20. The minimum atomic E-state index is -0.209. The summed E-state index contributed by atoms with van der Waals surface area (Å²) in [6.07, 6.45) is 0. The summed E-state index contributed by atoms with van der Waals surface area (Å²) < 4.78 is 9.51. The maximum absolute atomic E-state index is 11.1. The van der Waals surface area contributed by atoms with E-state index >= 15 is 0 Å². The Hall–Kier alpha value is -1.36. The minimum Gasteiger partial charge on any atom is -0.469 e. The van der Waals surface area contributed by atoms with E-state index in [9.17, 15) is 4.79 Å². The van der Waals surface area contributed by atoms with Crippen molar-refractivity contribution in [2.24, 2.45) is 5.92 Å². The predicted octanol–water partition coefficient (Wildman–Crippen LogP) is 0.882. The number of aryl methyl sites for hydroxylation is 1. The van der Waals surface area contributed by atoms with E-state index in [4.69, 9.17) is 4.52 Å². The zero-order chi connectivity index (χ0) is 11.3. The van der Waals surface area contributed by atoms with Gasteiger partial charge in [0.05, 0.1) is 18.7 Å². The van der Waals surface area contributed by atoms with E-state index < -0.39 is 0 Å². The molecule has 1 heterocycles. The molecular formula is C10H16N2O3. The average molecular weight is 212 g/mol. The van der Waals surface area contributed by atoms with Crippen molar-refractivity contribution in [1.82, 2.24) is 10.5 Å². The zero-order valence-corrected chi connectivity index (χ0v) is 9.24. The van der Waals surface area contributed by atoms with E-state index in [0.29, 0.717) is 13.1 Å². The highest BCUT2D eigenvalue weighted by Gasteiger charge is 2.12. The maximum atomic E-state index is 11.1. The minimum absolute atomic E-state index is 0.150. The summed E-state index contributed by atoms with van der Waals surface area (Å²) in [4.78, 5) is 11.1. The van der Waals surface area contributed by atoms with Gasteiger partial charge in [-0.2, -0.15) is 0 Å². The molecule has 1 unspecified atom stereocenters. The van der Waals surface area contributed by atoms with Crippen molar-refractivity contribution in [3.8, 4) is 0 Å². The van der Waals surface area contributed by atoms with Crippen LogP contribution in [0.3, 0.4) is 0 Å². The second kappa shape index (κ2) is 5.50. The summed E-state index contributed by atoms with van der Waals surface area (Å²) in [5.41, 5.74) is 0.838. The molecule has 0 aliphatic heterocycles. The molecular weight excluding hydrogens is 196 g/mol. The number of hydrogen-bond donors (Lipinski definition) is 1. The number of aromatic nitrogens is 1. The summed E-state index contributed by atoms with van der Waals surface area (Å²) >= 11 is 0. The van der Waals surface area contributed by atoms with Gasteiger partial charge in [-0.25, -0.2) is 0 Å². The lowest BCUT2D eigenvalue weighted by molar-refractivity contribution is -0.144. The fraction of sp³-hybridized carbons (Fsp3) is 0.600. The average Bonchev–Trinajstić information content (AvgIpc) is 2.63. The first-order chi connectivity index (χ1) is 7.13. The zero-order valence-electron chi connectivity index (χ0n) is 9.24. The van der Waals surface area contributed by atoms with Gasteiger partial charge < -0.3 is 14.6 Å². The molecule has 0 aliphatic carbocycles. The number of carbonyl (C=O) groups is 1. The molecule has 5 heteroatoms. The van der Waals surface area contributed by atoms with Crippen LogP contribution in [0.15, 0.2) is 10.6 Å². The van der Waals surface area contributed by atoms with Crippen molar-refractivity contribution in [1.29, 1.82) is 0 Å². The van der Waals surface area contributed by atoms with Gasteiger partial charge in [-0.3, -0.25) is 4.79 Å². The van der Waals surface area contributed by atoms with Crippen molar-refractivity contribution in [2.75, 3.05) is 13.7 Å². The van der Waals surface area contributed by atoms with Gasteiger partial charge in [0.25, 0.3) is 0 Å². The Morgan fingerprint density at radius 3 is 3.00 bits per heavy atom. The van der Waals surface area contributed by atoms with Crippen molar-refractivity contribution in [3.05, 3.63) is 17.5 Å². The Labute approximate surface area is 88.8 Å². The van der Waals surface area contributed by atoms with Crippen LogP contribution < -0.4 is 5.32 Å². The molecule has 1 aromatic heterocycles. The first-order valence-corrected chi connectivity index (χ1v) is 4.84. The van der Waals surface area contributed by atoms with Crippen molar-refractivity contribution < 1.29 is 14.1 Å². The number of nitrogens with zero attached hydrogens (tertiary/aromatic N) is 1. The molecule has 84 valence electrons. The normalized spacial score (nSPS) is 12.5. The number of rotatable bonds is 5. The highest BCUT2D eigenvalue weighted by molar-refractivity contribution is 5.71. The highest BCUT2D eigenvalue weighted by atomic mass is 16.5. The van der Waals surface area contributed by atoms with Crippen molar-refractivity contribution >= 4 is 5.97 Å². The standard InChI is InChI=1S/C10H16N2O3/c1-7(10(13)14-3)5-11-6-9-4-8(2)15-12-9/h4,7,11H,5-6H2,1-3H3. The molecule has 0 saturated carbocycles. The van der Waals surface area contributed by atoms with Crippen LogP contribution in [0.1, 0.15) is 18.4 Å². The monoisotopic (exact) mass is 212 g/mol. The quantitative estimate of drug-likeness (QED) is 0.734.